The summed E-state index contributed by atoms with van der Waals surface area (Å²) < 4.78 is 22.2. The molecule has 1 aliphatic rings. The Morgan fingerprint density at radius 2 is 1.00 bits per heavy atom. The smallest absolute Gasteiger partial charge is 0.465 e. The van der Waals surface area contributed by atoms with E-state index < -0.39 is 30.3 Å². The number of methoxy groups -OCH3 is 2. The number of benzene rings is 4. The first-order chi connectivity index (χ1) is 22.8. The second kappa shape index (κ2) is 15.4. The zero-order chi connectivity index (χ0) is 35.1. The van der Waals surface area contributed by atoms with Gasteiger partial charge < -0.3 is 29.4 Å². The Hall–Kier alpha value is -4.78. The van der Waals surface area contributed by atoms with Crippen LogP contribution in [0.4, 0.5) is 11.4 Å². The van der Waals surface area contributed by atoms with Gasteiger partial charge >= 0.3 is 19.1 Å². The maximum Gasteiger partial charge on any atom is 0.495 e. The van der Waals surface area contributed by atoms with Crippen LogP contribution in [0.1, 0.15) is 69.1 Å². The lowest BCUT2D eigenvalue weighted by atomic mass is 9.75. The van der Waals surface area contributed by atoms with Crippen molar-refractivity contribution in [2.75, 3.05) is 24.9 Å². The quantitative estimate of drug-likeness (QED) is 0.164. The number of ether oxygens (including phenoxy) is 2. The lowest BCUT2D eigenvalue weighted by Gasteiger charge is -2.32. The number of carbonyl (C=O) groups is 4. The van der Waals surface area contributed by atoms with Crippen LogP contribution in [0.15, 0.2) is 102 Å². The summed E-state index contributed by atoms with van der Waals surface area (Å²) >= 11 is 3.33. The van der Waals surface area contributed by atoms with E-state index in [9.17, 15) is 19.2 Å². The summed E-state index contributed by atoms with van der Waals surface area (Å²) in [6.45, 7) is 7.88. The molecule has 0 atom stereocenters. The third-order valence-corrected chi connectivity index (χ3v) is 8.65. The van der Waals surface area contributed by atoms with E-state index in [1.54, 1.807) is 78.9 Å². The second-order valence-corrected chi connectivity index (χ2v) is 12.6. The second-order valence-electron chi connectivity index (χ2n) is 11.7. The van der Waals surface area contributed by atoms with Gasteiger partial charge in [-0.3, -0.25) is 9.59 Å². The number of carbonyl (C=O) groups excluding carboxylic acids is 4. The van der Waals surface area contributed by atoms with Crippen molar-refractivity contribution in [1.82, 2.24) is 0 Å². The van der Waals surface area contributed by atoms with Gasteiger partial charge in [-0.1, -0.05) is 30.3 Å². The van der Waals surface area contributed by atoms with Gasteiger partial charge in [0.1, 0.15) is 0 Å². The number of halogens is 1. The molecule has 1 aliphatic heterocycles. The van der Waals surface area contributed by atoms with E-state index in [1.807, 2.05) is 45.9 Å². The normalized spacial score (nSPS) is 14.2. The molecule has 2 N–H and O–H groups in total. The first-order valence-electron chi connectivity index (χ1n) is 14.9. The van der Waals surface area contributed by atoms with Crippen molar-refractivity contribution in [2.45, 2.75) is 38.9 Å². The molecule has 0 bridgehead atoms. The number of anilines is 2. The van der Waals surface area contributed by atoms with E-state index in [0.717, 1.165) is 4.47 Å². The number of esters is 2. The zero-order valence-electron chi connectivity index (χ0n) is 27.5. The van der Waals surface area contributed by atoms with Gasteiger partial charge in [0.15, 0.2) is 0 Å². The number of nitrogens with one attached hydrogen (secondary N) is 2. The summed E-state index contributed by atoms with van der Waals surface area (Å²) in [4.78, 5) is 47.8. The topological polar surface area (TPSA) is 129 Å². The van der Waals surface area contributed by atoms with Gasteiger partial charge in [-0.25, -0.2) is 9.59 Å². The third-order valence-electron chi connectivity index (χ3n) is 7.96. The lowest BCUT2D eigenvalue weighted by Crippen LogP contribution is -2.41. The number of amides is 2. The predicted octanol–water partition coefficient (Wildman–Crippen LogP) is 6.51. The van der Waals surface area contributed by atoms with Crippen LogP contribution < -0.4 is 16.1 Å². The zero-order valence-corrected chi connectivity index (χ0v) is 29.0. The minimum Gasteiger partial charge on any atom is -0.465 e. The molecule has 5 rings (SSSR count). The van der Waals surface area contributed by atoms with E-state index in [2.05, 4.69) is 36.0 Å². The molecule has 10 nitrogen and oxygen atoms in total. The molecular formula is C36H36BBrN2O8. The summed E-state index contributed by atoms with van der Waals surface area (Å²) in [7, 11) is 2.02. The fourth-order valence-corrected chi connectivity index (χ4v) is 5.00. The summed E-state index contributed by atoms with van der Waals surface area (Å²) in [6, 6.07) is 27.4. The van der Waals surface area contributed by atoms with E-state index in [-0.39, 0.29) is 11.8 Å². The van der Waals surface area contributed by atoms with Crippen LogP contribution in [0.2, 0.25) is 0 Å². The molecule has 0 saturated carbocycles. The van der Waals surface area contributed by atoms with Crippen LogP contribution >= 0.6 is 15.9 Å². The molecule has 0 unspecified atom stereocenters. The highest BCUT2D eigenvalue weighted by Gasteiger charge is 2.52. The van der Waals surface area contributed by atoms with Gasteiger partial charge in [-0.2, -0.15) is 0 Å². The summed E-state index contributed by atoms with van der Waals surface area (Å²) in [5.41, 5.74) is 2.73. The van der Waals surface area contributed by atoms with Crippen LogP contribution in [0.25, 0.3) is 0 Å². The molecule has 1 heterocycles. The fraction of sp³-hybridized carbons (Fsp3) is 0.222. The lowest BCUT2D eigenvalue weighted by molar-refractivity contribution is 0.00578. The minimum absolute atomic E-state index is 0.219. The Balaban J connectivity index is 0.000000229. The van der Waals surface area contributed by atoms with Crippen molar-refractivity contribution in [1.29, 1.82) is 0 Å². The van der Waals surface area contributed by atoms with Gasteiger partial charge in [-0.05, 0) is 116 Å². The number of rotatable bonds is 7. The van der Waals surface area contributed by atoms with Crippen LogP contribution in [0.3, 0.4) is 0 Å². The summed E-state index contributed by atoms with van der Waals surface area (Å²) in [5.74, 6) is -1.34. The Labute approximate surface area is 288 Å². The molecule has 48 heavy (non-hydrogen) atoms. The fourth-order valence-electron chi connectivity index (χ4n) is 4.54. The molecule has 2 amide bonds. The van der Waals surface area contributed by atoms with Gasteiger partial charge in [0.25, 0.3) is 11.8 Å². The summed E-state index contributed by atoms with van der Waals surface area (Å²) in [5, 5.41) is 5.61. The van der Waals surface area contributed by atoms with E-state index in [4.69, 9.17) is 9.31 Å². The standard InChI is InChI=1S/C21H24BNO5.C15H12BrNO3/c1-20(2)21(3,4)28-22(27-20)17-9-7-6-8-16(17)18(24)23-15-12-10-14(11-13-15)19(25)26-5;1-20-15(19)10-6-8-11(9-7-10)17-14(18)12-4-2-3-5-13(12)16/h6-13H,1-5H3,(H,23,24);2-9H,1H3,(H,17,18). The molecule has 4 aromatic carbocycles. The van der Waals surface area contributed by atoms with E-state index in [1.165, 1.54) is 14.2 Å². The maximum atomic E-state index is 12.9. The predicted molar refractivity (Wildman–Crippen MR) is 188 cm³/mol. The first-order valence-corrected chi connectivity index (χ1v) is 15.7. The molecule has 0 spiro atoms. The van der Waals surface area contributed by atoms with Crippen LogP contribution in [0.5, 0.6) is 0 Å². The van der Waals surface area contributed by atoms with Crippen molar-refractivity contribution in [3.63, 3.8) is 0 Å². The Morgan fingerprint density at radius 3 is 1.44 bits per heavy atom. The average Bonchev–Trinajstić information content (AvgIpc) is 3.30. The van der Waals surface area contributed by atoms with Gasteiger partial charge in [0.05, 0.1) is 42.1 Å². The van der Waals surface area contributed by atoms with Crippen LogP contribution in [-0.2, 0) is 18.8 Å². The van der Waals surface area contributed by atoms with Crippen molar-refractivity contribution in [3.05, 3.63) is 124 Å². The maximum absolute atomic E-state index is 12.9. The SMILES string of the molecule is COC(=O)c1ccc(NC(=O)c2ccccc2B2OC(C)(C)C(C)(C)O2)cc1.COC(=O)c1ccc(NC(=O)c2ccccc2Br)cc1. The van der Waals surface area contributed by atoms with Crippen LogP contribution in [-0.4, -0.2) is 56.3 Å². The number of hydrogen-bond acceptors (Lipinski definition) is 8. The molecule has 0 radical (unpaired) electrons. The van der Waals surface area contributed by atoms with Gasteiger partial charge in [0, 0.05) is 21.4 Å². The van der Waals surface area contributed by atoms with Crippen LogP contribution in [0, 0.1) is 0 Å². The molecule has 1 saturated heterocycles. The number of hydrogen-bond donors (Lipinski definition) is 2. The highest BCUT2D eigenvalue weighted by molar-refractivity contribution is 9.10. The Morgan fingerprint density at radius 1 is 0.604 bits per heavy atom. The highest BCUT2D eigenvalue weighted by atomic mass is 79.9. The summed E-state index contributed by atoms with van der Waals surface area (Å²) in [6.07, 6.45) is 0. The molecular weight excluding hydrogens is 679 g/mol. The average molecular weight is 715 g/mol. The third kappa shape index (κ3) is 8.57. The van der Waals surface area contributed by atoms with E-state index >= 15 is 0 Å². The minimum atomic E-state index is -0.631. The molecule has 0 aromatic heterocycles. The first kappa shape index (κ1) is 36.1. The Kier molecular flexibility index (Phi) is 11.6. The van der Waals surface area contributed by atoms with Gasteiger partial charge in [-0.15, -0.1) is 0 Å². The largest absolute Gasteiger partial charge is 0.495 e. The van der Waals surface area contributed by atoms with Crippen molar-refractivity contribution in [2.24, 2.45) is 0 Å². The van der Waals surface area contributed by atoms with Crippen molar-refractivity contribution >= 4 is 63.6 Å². The molecule has 248 valence electrons. The van der Waals surface area contributed by atoms with E-state index in [0.29, 0.717) is 39.1 Å². The van der Waals surface area contributed by atoms with Crippen molar-refractivity contribution < 1.29 is 38.0 Å². The molecule has 12 heteroatoms. The van der Waals surface area contributed by atoms with Crippen molar-refractivity contribution in [3.8, 4) is 0 Å². The molecule has 0 aliphatic carbocycles. The van der Waals surface area contributed by atoms with Gasteiger partial charge in [0.2, 0.25) is 0 Å². The molecule has 4 aromatic rings. The highest BCUT2D eigenvalue weighted by Crippen LogP contribution is 2.36. The monoisotopic (exact) mass is 714 g/mol. The Bertz CT molecular complexity index is 1780. The molecule has 1 fully saturated rings.